The van der Waals surface area contributed by atoms with E-state index in [-0.39, 0.29) is 0 Å². The van der Waals surface area contributed by atoms with Gasteiger partial charge in [0.05, 0.1) is 16.4 Å². The third-order valence-electron chi connectivity index (χ3n) is 7.03. The highest BCUT2D eigenvalue weighted by atomic mass is 35.5. The van der Waals surface area contributed by atoms with Crippen molar-refractivity contribution in [3.05, 3.63) is 28.2 Å². The predicted octanol–water partition coefficient (Wildman–Crippen LogP) is 4.54. The molecule has 6 rings (SSSR count). The normalized spacial score (nSPS) is 32.5. The number of hydrogen-bond donors (Lipinski definition) is 0. The minimum absolute atomic E-state index is 0.446. The molecule has 5 nitrogen and oxygen atoms in total. The molecule has 0 spiro atoms. The fourth-order valence-corrected chi connectivity index (χ4v) is 6.52. The average Bonchev–Trinajstić information content (AvgIpc) is 3.11. The first-order valence-corrected chi connectivity index (χ1v) is 10.4. The van der Waals surface area contributed by atoms with Gasteiger partial charge in [-0.25, -0.2) is 0 Å². The fourth-order valence-electron chi connectivity index (χ4n) is 6.38. The summed E-state index contributed by atoms with van der Waals surface area (Å²) in [7, 11) is 0. The molecule has 2 aromatic heterocycles. The molecule has 0 saturated heterocycles. The Kier molecular flexibility index (Phi) is 3.93. The Morgan fingerprint density at radius 1 is 1.04 bits per heavy atom. The maximum Gasteiger partial charge on any atom is 0.218 e. The lowest BCUT2D eigenvalue weighted by Gasteiger charge is -2.56. The number of aromatic nitrogens is 4. The second-order valence-electron chi connectivity index (χ2n) is 9.14. The first kappa shape index (κ1) is 16.8. The van der Waals surface area contributed by atoms with Gasteiger partial charge in [0.1, 0.15) is 0 Å². The Hall–Kier alpha value is -1.36. The number of halogens is 1. The Labute approximate surface area is 159 Å². The van der Waals surface area contributed by atoms with Crippen LogP contribution in [0.15, 0.2) is 4.42 Å². The van der Waals surface area contributed by atoms with Gasteiger partial charge in [-0.1, -0.05) is 11.6 Å². The van der Waals surface area contributed by atoms with Crippen LogP contribution >= 0.6 is 11.6 Å². The largest absolute Gasteiger partial charge is 0.425 e. The van der Waals surface area contributed by atoms with Crippen molar-refractivity contribution in [1.29, 1.82) is 0 Å². The molecular weight excluding hydrogens is 348 g/mol. The average molecular weight is 375 g/mol. The molecule has 4 bridgehead atoms. The van der Waals surface area contributed by atoms with E-state index >= 15 is 0 Å². The molecule has 4 fully saturated rings. The molecule has 6 heteroatoms. The van der Waals surface area contributed by atoms with Crippen molar-refractivity contribution < 1.29 is 4.42 Å². The molecule has 0 atom stereocenters. The van der Waals surface area contributed by atoms with Crippen LogP contribution in [-0.4, -0.2) is 20.0 Å². The second kappa shape index (κ2) is 6.08. The first-order valence-electron chi connectivity index (χ1n) is 10.0. The van der Waals surface area contributed by atoms with Crippen LogP contribution in [0.1, 0.15) is 61.7 Å². The molecule has 2 aromatic rings. The van der Waals surface area contributed by atoms with Crippen LogP contribution in [0.3, 0.4) is 0 Å². The quantitative estimate of drug-likeness (QED) is 0.771. The van der Waals surface area contributed by atoms with Crippen LogP contribution in [0.5, 0.6) is 0 Å². The van der Waals surface area contributed by atoms with E-state index in [9.17, 15) is 0 Å². The SMILES string of the molecule is Cc1nn(CCc2nnc(CC34CC5CC(CC(C5)C3)C4)o2)c(C)c1Cl. The van der Waals surface area contributed by atoms with Crippen molar-refractivity contribution in [1.82, 2.24) is 20.0 Å². The highest BCUT2D eigenvalue weighted by Crippen LogP contribution is 2.60. The molecule has 0 radical (unpaired) electrons. The summed E-state index contributed by atoms with van der Waals surface area (Å²) in [4.78, 5) is 0. The van der Waals surface area contributed by atoms with E-state index in [0.29, 0.717) is 17.7 Å². The zero-order chi connectivity index (χ0) is 17.9. The number of hydrogen-bond acceptors (Lipinski definition) is 4. The predicted molar refractivity (Wildman–Crippen MR) is 99.0 cm³/mol. The first-order chi connectivity index (χ1) is 12.5. The maximum absolute atomic E-state index is 6.22. The van der Waals surface area contributed by atoms with Crippen LogP contribution in [0.2, 0.25) is 5.02 Å². The Bertz CT molecular complexity index is 789. The van der Waals surface area contributed by atoms with Crippen molar-refractivity contribution in [3.8, 4) is 0 Å². The van der Waals surface area contributed by atoms with Crippen molar-refractivity contribution in [2.45, 2.75) is 71.8 Å². The number of rotatable bonds is 5. The number of nitrogens with zero attached hydrogens (tertiary/aromatic N) is 4. The van der Waals surface area contributed by atoms with E-state index in [1.807, 2.05) is 18.5 Å². The fraction of sp³-hybridized carbons (Fsp3) is 0.750. The maximum atomic E-state index is 6.22. The van der Waals surface area contributed by atoms with Crippen LogP contribution in [-0.2, 0) is 19.4 Å². The van der Waals surface area contributed by atoms with Gasteiger partial charge in [-0.15, -0.1) is 10.2 Å². The molecule has 0 aromatic carbocycles. The Morgan fingerprint density at radius 2 is 1.65 bits per heavy atom. The third-order valence-corrected chi connectivity index (χ3v) is 7.58. The van der Waals surface area contributed by atoms with E-state index < -0.39 is 0 Å². The summed E-state index contributed by atoms with van der Waals surface area (Å²) in [5.74, 6) is 4.43. The summed E-state index contributed by atoms with van der Waals surface area (Å²) in [6.07, 6.45) is 10.2. The van der Waals surface area contributed by atoms with Crippen LogP contribution in [0, 0.1) is 37.0 Å². The molecule has 4 aliphatic carbocycles. The van der Waals surface area contributed by atoms with E-state index in [1.54, 1.807) is 0 Å². The topological polar surface area (TPSA) is 56.7 Å². The molecular formula is C20H27ClN4O. The summed E-state index contributed by atoms with van der Waals surface area (Å²) in [6.45, 7) is 4.65. The molecule has 4 aliphatic rings. The van der Waals surface area contributed by atoms with Crippen molar-refractivity contribution in [2.75, 3.05) is 0 Å². The standard InChI is InChI=1S/C20H27ClN4O/c1-12-19(21)13(2)25(24-12)4-3-17-22-23-18(26-17)11-20-8-14-5-15(9-20)7-16(6-14)10-20/h14-16H,3-11H2,1-2H3. The van der Waals surface area contributed by atoms with Crippen LogP contribution < -0.4 is 0 Å². The molecule has 26 heavy (non-hydrogen) atoms. The van der Waals surface area contributed by atoms with E-state index in [4.69, 9.17) is 16.0 Å². The van der Waals surface area contributed by atoms with Gasteiger partial charge < -0.3 is 4.42 Å². The monoisotopic (exact) mass is 374 g/mol. The summed E-state index contributed by atoms with van der Waals surface area (Å²) in [6, 6.07) is 0. The van der Waals surface area contributed by atoms with Crippen molar-refractivity contribution in [3.63, 3.8) is 0 Å². The van der Waals surface area contributed by atoms with Crippen molar-refractivity contribution >= 4 is 11.6 Å². The summed E-state index contributed by atoms with van der Waals surface area (Å²) < 4.78 is 7.96. The molecule has 2 heterocycles. The lowest BCUT2D eigenvalue weighted by atomic mass is 9.49. The van der Waals surface area contributed by atoms with Crippen LogP contribution in [0.25, 0.3) is 0 Å². The van der Waals surface area contributed by atoms with Gasteiger partial charge in [0, 0.05) is 19.4 Å². The molecule has 0 amide bonds. The smallest absolute Gasteiger partial charge is 0.218 e. The molecule has 0 aliphatic heterocycles. The van der Waals surface area contributed by atoms with Crippen LogP contribution in [0.4, 0.5) is 0 Å². The molecule has 0 N–H and O–H groups in total. The van der Waals surface area contributed by atoms with Gasteiger partial charge in [-0.05, 0) is 75.5 Å². The zero-order valence-corrected chi connectivity index (χ0v) is 16.4. The zero-order valence-electron chi connectivity index (χ0n) is 15.7. The van der Waals surface area contributed by atoms with Crippen molar-refractivity contribution in [2.24, 2.45) is 23.2 Å². The van der Waals surface area contributed by atoms with E-state index in [0.717, 1.165) is 53.0 Å². The Morgan fingerprint density at radius 3 is 2.23 bits per heavy atom. The summed E-state index contributed by atoms with van der Waals surface area (Å²) >= 11 is 6.22. The molecule has 0 unspecified atom stereocenters. The van der Waals surface area contributed by atoms with Gasteiger partial charge in [-0.3, -0.25) is 4.68 Å². The minimum Gasteiger partial charge on any atom is -0.425 e. The molecule has 4 saturated carbocycles. The van der Waals surface area contributed by atoms with Gasteiger partial charge in [0.2, 0.25) is 11.8 Å². The summed E-state index contributed by atoms with van der Waals surface area (Å²) in [5, 5.41) is 13.9. The third kappa shape index (κ3) is 2.88. The summed E-state index contributed by atoms with van der Waals surface area (Å²) in [5.41, 5.74) is 2.32. The second-order valence-corrected chi connectivity index (χ2v) is 9.52. The van der Waals surface area contributed by atoms with E-state index in [2.05, 4.69) is 15.3 Å². The highest BCUT2D eigenvalue weighted by Gasteiger charge is 2.51. The van der Waals surface area contributed by atoms with Gasteiger partial charge in [0.15, 0.2) is 0 Å². The van der Waals surface area contributed by atoms with Gasteiger partial charge >= 0.3 is 0 Å². The highest BCUT2D eigenvalue weighted by molar-refractivity contribution is 6.31. The molecule has 140 valence electrons. The lowest BCUT2D eigenvalue weighted by Crippen LogP contribution is -2.47. The van der Waals surface area contributed by atoms with Gasteiger partial charge in [-0.2, -0.15) is 5.10 Å². The number of aryl methyl sites for hydroxylation is 3. The Balaban J connectivity index is 1.25. The minimum atomic E-state index is 0.446. The van der Waals surface area contributed by atoms with E-state index in [1.165, 1.54) is 38.5 Å². The lowest BCUT2D eigenvalue weighted by molar-refractivity contribution is -0.0551. The van der Waals surface area contributed by atoms with Gasteiger partial charge in [0.25, 0.3) is 0 Å².